The molecule has 0 heterocycles. The van der Waals surface area contributed by atoms with Gasteiger partial charge in [-0.1, -0.05) is 43.2 Å². The Morgan fingerprint density at radius 3 is 2.50 bits per heavy atom. The van der Waals surface area contributed by atoms with Crippen molar-refractivity contribution in [2.75, 3.05) is 18.6 Å². The SMILES string of the molecule is CSCCC(NC(N)=O)C(=O)NCC1(c2ccccc2)CCCC1. The fraction of sp³-hybridized carbons (Fsp3) is 0.556. The lowest BCUT2D eigenvalue weighted by Gasteiger charge is -2.31. The molecule has 0 spiro atoms. The zero-order valence-corrected chi connectivity index (χ0v) is 15.0. The number of thioether (sulfide) groups is 1. The molecule has 0 saturated heterocycles. The van der Waals surface area contributed by atoms with Crippen molar-refractivity contribution < 1.29 is 9.59 Å². The van der Waals surface area contributed by atoms with E-state index in [4.69, 9.17) is 5.73 Å². The van der Waals surface area contributed by atoms with Gasteiger partial charge in [-0.15, -0.1) is 0 Å². The fourth-order valence-electron chi connectivity index (χ4n) is 3.47. The highest BCUT2D eigenvalue weighted by atomic mass is 32.2. The molecule has 2 rings (SSSR count). The Hall–Kier alpha value is -1.69. The van der Waals surface area contributed by atoms with Crippen LogP contribution < -0.4 is 16.4 Å². The van der Waals surface area contributed by atoms with E-state index < -0.39 is 12.1 Å². The molecule has 1 aliphatic carbocycles. The van der Waals surface area contributed by atoms with Crippen molar-refractivity contribution in [3.05, 3.63) is 35.9 Å². The van der Waals surface area contributed by atoms with Crippen LogP contribution in [0.1, 0.15) is 37.7 Å². The van der Waals surface area contributed by atoms with Crippen LogP contribution in [-0.4, -0.2) is 36.5 Å². The van der Waals surface area contributed by atoms with Gasteiger partial charge in [0, 0.05) is 12.0 Å². The minimum Gasteiger partial charge on any atom is -0.353 e. The molecule has 0 aromatic heterocycles. The molecule has 1 atom stereocenters. The predicted octanol–water partition coefficient (Wildman–Crippen LogP) is 2.40. The van der Waals surface area contributed by atoms with Gasteiger partial charge in [0.15, 0.2) is 0 Å². The third-order valence-electron chi connectivity index (χ3n) is 4.79. The van der Waals surface area contributed by atoms with Gasteiger partial charge in [0.25, 0.3) is 0 Å². The van der Waals surface area contributed by atoms with Gasteiger partial charge in [-0.05, 0) is 36.8 Å². The Kier molecular flexibility index (Phi) is 6.97. The summed E-state index contributed by atoms with van der Waals surface area (Å²) in [7, 11) is 0. The Labute approximate surface area is 148 Å². The van der Waals surface area contributed by atoms with E-state index in [-0.39, 0.29) is 11.3 Å². The Balaban J connectivity index is 2.02. The van der Waals surface area contributed by atoms with Gasteiger partial charge in [0.2, 0.25) is 5.91 Å². The molecule has 1 saturated carbocycles. The topological polar surface area (TPSA) is 84.2 Å². The summed E-state index contributed by atoms with van der Waals surface area (Å²) in [4.78, 5) is 23.7. The van der Waals surface area contributed by atoms with E-state index >= 15 is 0 Å². The number of benzene rings is 1. The van der Waals surface area contributed by atoms with Crippen LogP contribution >= 0.6 is 11.8 Å². The molecule has 24 heavy (non-hydrogen) atoms. The first kappa shape index (κ1) is 18.6. The number of rotatable bonds is 8. The number of carbonyl (C=O) groups excluding carboxylic acids is 2. The van der Waals surface area contributed by atoms with Gasteiger partial charge in [0.05, 0.1) is 0 Å². The van der Waals surface area contributed by atoms with Crippen LogP contribution in [0.5, 0.6) is 0 Å². The van der Waals surface area contributed by atoms with E-state index in [1.807, 2.05) is 24.5 Å². The van der Waals surface area contributed by atoms with Gasteiger partial charge < -0.3 is 16.4 Å². The fourth-order valence-corrected chi connectivity index (χ4v) is 3.94. The first-order valence-corrected chi connectivity index (χ1v) is 9.85. The van der Waals surface area contributed by atoms with Crippen LogP contribution in [0, 0.1) is 0 Å². The van der Waals surface area contributed by atoms with Gasteiger partial charge in [0.1, 0.15) is 6.04 Å². The van der Waals surface area contributed by atoms with Crippen molar-refractivity contribution >= 4 is 23.7 Å². The van der Waals surface area contributed by atoms with Gasteiger partial charge >= 0.3 is 6.03 Å². The zero-order valence-electron chi connectivity index (χ0n) is 14.2. The standard InChI is InChI=1S/C18H27N3O2S/c1-24-12-9-15(21-17(19)23)16(22)20-13-18(10-5-6-11-18)14-7-3-2-4-8-14/h2-4,7-8,15H,5-6,9-13H2,1H3,(H,20,22)(H3,19,21,23). The van der Waals surface area contributed by atoms with Gasteiger partial charge in [-0.2, -0.15) is 11.8 Å². The number of primary amides is 1. The van der Waals surface area contributed by atoms with Crippen LogP contribution in [0.15, 0.2) is 30.3 Å². The molecule has 1 unspecified atom stereocenters. The molecule has 3 amide bonds. The Morgan fingerprint density at radius 2 is 1.92 bits per heavy atom. The summed E-state index contributed by atoms with van der Waals surface area (Å²) in [5, 5.41) is 5.62. The molecule has 5 nitrogen and oxygen atoms in total. The van der Waals surface area contributed by atoms with Crippen molar-refractivity contribution in [1.82, 2.24) is 10.6 Å². The highest BCUT2D eigenvalue weighted by Gasteiger charge is 2.36. The summed E-state index contributed by atoms with van der Waals surface area (Å²) < 4.78 is 0. The maximum absolute atomic E-state index is 12.5. The number of nitrogens with one attached hydrogen (secondary N) is 2. The minimum absolute atomic E-state index is 0.00764. The molecular formula is C18H27N3O2S. The number of hydrogen-bond acceptors (Lipinski definition) is 3. The lowest BCUT2D eigenvalue weighted by Crippen LogP contribution is -2.51. The average Bonchev–Trinajstić information content (AvgIpc) is 3.07. The van der Waals surface area contributed by atoms with Crippen LogP contribution in [0.3, 0.4) is 0 Å². The lowest BCUT2D eigenvalue weighted by atomic mass is 9.79. The highest BCUT2D eigenvalue weighted by Crippen LogP contribution is 2.40. The van der Waals surface area contributed by atoms with Crippen LogP contribution in [0.25, 0.3) is 0 Å². The van der Waals surface area contributed by atoms with Gasteiger partial charge in [-0.25, -0.2) is 4.79 Å². The molecule has 0 bridgehead atoms. The highest BCUT2D eigenvalue weighted by molar-refractivity contribution is 7.98. The van der Waals surface area contributed by atoms with E-state index in [2.05, 4.69) is 22.8 Å². The van der Waals surface area contributed by atoms with Crippen LogP contribution in [0.2, 0.25) is 0 Å². The summed E-state index contributed by atoms with van der Waals surface area (Å²) in [6.07, 6.45) is 7.07. The molecule has 1 aliphatic rings. The maximum Gasteiger partial charge on any atom is 0.312 e. The van der Waals surface area contributed by atoms with Crippen molar-refractivity contribution in [3.8, 4) is 0 Å². The van der Waals surface area contributed by atoms with E-state index in [0.29, 0.717) is 13.0 Å². The molecule has 1 aromatic carbocycles. The third-order valence-corrected chi connectivity index (χ3v) is 5.44. The van der Waals surface area contributed by atoms with Crippen LogP contribution in [-0.2, 0) is 10.2 Å². The summed E-state index contributed by atoms with van der Waals surface area (Å²) in [6.45, 7) is 0.603. The van der Waals surface area contributed by atoms with Gasteiger partial charge in [-0.3, -0.25) is 4.79 Å². The van der Waals surface area contributed by atoms with E-state index in [9.17, 15) is 9.59 Å². The summed E-state index contributed by atoms with van der Waals surface area (Å²) in [6, 6.07) is 9.17. The number of amides is 3. The number of urea groups is 1. The van der Waals surface area contributed by atoms with Crippen molar-refractivity contribution in [1.29, 1.82) is 0 Å². The molecule has 1 aromatic rings. The van der Waals surface area contributed by atoms with Crippen LogP contribution in [0.4, 0.5) is 4.79 Å². The third kappa shape index (κ3) is 4.90. The molecule has 132 valence electrons. The largest absolute Gasteiger partial charge is 0.353 e. The lowest BCUT2D eigenvalue weighted by molar-refractivity contribution is -0.123. The number of carbonyl (C=O) groups is 2. The minimum atomic E-state index is -0.658. The normalized spacial score (nSPS) is 17.2. The van der Waals surface area contributed by atoms with E-state index in [1.54, 1.807) is 11.8 Å². The van der Waals surface area contributed by atoms with E-state index in [0.717, 1.165) is 18.6 Å². The number of nitrogens with two attached hydrogens (primary N) is 1. The molecule has 1 fully saturated rings. The first-order chi connectivity index (χ1) is 11.6. The summed E-state index contributed by atoms with van der Waals surface area (Å²) in [5.41, 5.74) is 6.49. The summed E-state index contributed by atoms with van der Waals surface area (Å²) in [5.74, 6) is 0.646. The van der Waals surface area contributed by atoms with Crippen molar-refractivity contribution in [2.45, 2.75) is 43.6 Å². The van der Waals surface area contributed by atoms with Crippen molar-refractivity contribution in [3.63, 3.8) is 0 Å². The second-order valence-electron chi connectivity index (χ2n) is 6.41. The smallest absolute Gasteiger partial charge is 0.312 e. The zero-order chi connectivity index (χ0) is 17.4. The average molecular weight is 350 g/mol. The molecule has 4 N–H and O–H groups in total. The molecular weight excluding hydrogens is 322 g/mol. The molecule has 6 heteroatoms. The van der Waals surface area contributed by atoms with E-state index in [1.165, 1.54) is 18.4 Å². The second kappa shape index (κ2) is 8.97. The molecule has 0 radical (unpaired) electrons. The maximum atomic E-state index is 12.5. The Bertz CT molecular complexity index is 544. The molecule has 0 aliphatic heterocycles. The quantitative estimate of drug-likeness (QED) is 0.674. The second-order valence-corrected chi connectivity index (χ2v) is 7.40. The number of hydrogen-bond donors (Lipinski definition) is 3. The summed E-state index contributed by atoms with van der Waals surface area (Å²) >= 11 is 1.64. The monoisotopic (exact) mass is 349 g/mol. The Morgan fingerprint density at radius 1 is 1.25 bits per heavy atom. The van der Waals surface area contributed by atoms with Crippen molar-refractivity contribution in [2.24, 2.45) is 5.73 Å². The first-order valence-electron chi connectivity index (χ1n) is 8.45. The predicted molar refractivity (Wildman–Crippen MR) is 99.1 cm³/mol.